The number of halogens is 1. The number of amides is 1. The molecule has 3 N–H and O–H groups in total. The fourth-order valence-electron chi connectivity index (χ4n) is 1.46. The van der Waals surface area contributed by atoms with Gasteiger partial charge in [-0.2, -0.15) is 0 Å². The zero-order valence-electron chi connectivity index (χ0n) is 10.00. The van der Waals surface area contributed by atoms with E-state index in [-0.39, 0.29) is 17.1 Å². The average molecular weight is 357 g/mol. The van der Waals surface area contributed by atoms with Crippen molar-refractivity contribution in [3.05, 3.63) is 48.7 Å². The van der Waals surface area contributed by atoms with Crippen molar-refractivity contribution in [2.24, 2.45) is 0 Å². The van der Waals surface area contributed by atoms with Crippen LogP contribution in [-0.2, 0) is 6.54 Å². The van der Waals surface area contributed by atoms with Gasteiger partial charge in [-0.15, -0.1) is 11.3 Å². The van der Waals surface area contributed by atoms with Crippen LogP contribution in [0.25, 0.3) is 0 Å². The summed E-state index contributed by atoms with van der Waals surface area (Å²) in [6.45, 7) is 0.317. The van der Waals surface area contributed by atoms with Crippen molar-refractivity contribution < 1.29 is 9.72 Å². The fourth-order valence-corrected chi connectivity index (χ4v) is 2.88. The maximum atomic E-state index is 12.0. The van der Waals surface area contributed by atoms with Gasteiger partial charge in [0.15, 0.2) is 0 Å². The van der Waals surface area contributed by atoms with Crippen molar-refractivity contribution >= 4 is 44.7 Å². The lowest BCUT2D eigenvalue weighted by molar-refractivity contribution is -0.385. The Morgan fingerprint density at radius 1 is 1.55 bits per heavy atom. The van der Waals surface area contributed by atoms with Gasteiger partial charge >= 0.3 is 0 Å². The lowest BCUT2D eigenvalue weighted by atomic mass is 10.2. The van der Waals surface area contributed by atoms with Crippen molar-refractivity contribution in [1.29, 1.82) is 0 Å². The van der Waals surface area contributed by atoms with Crippen LogP contribution in [0.4, 0.5) is 11.5 Å². The van der Waals surface area contributed by atoms with Crippen LogP contribution in [-0.4, -0.2) is 15.8 Å². The number of carbonyl (C=O) groups is 1. The fraction of sp³-hybridized carbons (Fsp3) is 0.0909. The Bertz CT molecular complexity index is 673. The number of nitro groups is 1. The van der Waals surface area contributed by atoms with Crippen LogP contribution < -0.4 is 11.1 Å². The second-order valence-corrected chi connectivity index (χ2v) is 6.32. The summed E-state index contributed by atoms with van der Waals surface area (Å²) in [5.41, 5.74) is 5.28. The summed E-state index contributed by atoms with van der Waals surface area (Å²) in [5, 5.41) is 13.3. The minimum atomic E-state index is -0.625. The minimum absolute atomic E-state index is 0.00479. The minimum Gasteiger partial charge on any atom is -0.383 e. The summed E-state index contributed by atoms with van der Waals surface area (Å²) < 4.78 is 0.957. The molecule has 9 heteroatoms. The zero-order valence-corrected chi connectivity index (χ0v) is 12.4. The molecule has 0 bridgehead atoms. The van der Waals surface area contributed by atoms with Crippen LogP contribution in [0.3, 0.4) is 0 Å². The van der Waals surface area contributed by atoms with Crippen molar-refractivity contribution in [2.75, 3.05) is 5.73 Å². The highest BCUT2D eigenvalue weighted by atomic mass is 79.9. The number of pyridine rings is 1. The Morgan fingerprint density at radius 3 is 2.90 bits per heavy atom. The van der Waals surface area contributed by atoms with Crippen molar-refractivity contribution in [3.8, 4) is 0 Å². The molecular weight excluding hydrogens is 348 g/mol. The Morgan fingerprint density at radius 2 is 2.30 bits per heavy atom. The molecule has 0 saturated heterocycles. The Labute approximate surface area is 126 Å². The summed E-state index contributed by atoms with van der Waals surface area (Å²) in [6.07, 6.45) is 1.02. The predicted molar refractivity (Wildman–Crippen MR) is 78.5 cm³/mol. The lowest BCUT2D eigenvalue weighted by Gasteiger charge is -2.05. The van der Waals surface area contributed by atoms with E-state index < -0.39 is 10.8 Å². The van der Waals surface area contributed by atoms with E-state index in [0.29, 0.717) is 6.54 Å². The van der Waals surface area contributed by atoms with Crippen LogP contribution in [0.1, 0.15) is 15.2 Å². The molecule has 0 unspecified atom stereocenters. The number of aromatic nitrogens is 1. The van der Waals surface area contributed by atoms with E-state index in [1.165, 1.54) is 11.3 Å². The van der Waals surface area contributed by atoms with Crippen molar-refractivity contribution in [1.82, 2.24) is 10.3 Å². The summed E-state index contributed by atoms with van der Waals surface area (Å²) >= 11 is 4.81. The molecule has 0 atom stereocenters. The summed E-state index contributed by atoms with van der Waals surface area (Å²) in [4.78, 5) is 26.6. The number of nitrogens with one attached hydrogen (secondary N) is 1. The molecule has 0 spiro atoms. The summed E-state index contributed by atoms with van der Waals surface area (Å²) in [6, 6.07) is 4.85. The van der Waals surface area contributed by atoms with E-state index >= 15 is 0 Å². The average Bonchev–Trinajstić information content (AvgIpc) is 2.82. The maximum Gasteiger partial charge on any atom is 0.288 e. The normalized spacial score (nSPS) is 10.2. The summed E-state index contributed by atoms with van der Waals surface area (Å²) in [5.74, 6) is -0.538. The number of rotatable bonds is 4. The van der Waals surface area contributed by atoms with Gasteiger partial charge in [-0.25, -0.2) is 4.98 Å². The highest BCUT2D eigenvalue weighted by Gasteiger charge is 2.16. The van der Waals surface area contributed by atoms with Crippen LogP contribution in [0.15, 0.2) is 28.2 Å². The molecule has 0 radical (unpaired) electrons. The van der Waals surface area contributed by atoms with Crippen LogP contribution in [0.5, 0.6) is 0 Å². The molecule has 2 aromatic heterocycles. The highest BCUT2D eigenvalue weighted by molar-refractivity contribution is 9.11. The van der Waals surface area contributed by atoms with E-state index in [9.17, 15) is 14.9 Å². The highest BCUT2D eigenvalue weighted by Crippen LogP contribution is 2.22. The molecule has 20 heavy (non-hydrogen) atoms. The van der Waals surface area contributed by atoms with Gasteiger partial charge in [0.25, 0.3) is 11.6 Å². The number of anilines is 1. The number of nitrogens with zero attached hydrogens (tertiary/aromatic N) is 2. The van der Waals surface area contributed by atoms with Gasteiger partial charge in [-0.3, -0.25) is 14.9 Å². The van der Waals surface area contributed by atoms with Crippen LogP contribution in [0.2, 0.25) is 0 Å². The molecule has 0 fully saturated rings. The van der Waals surface area contributed by atoms with Crippen molar-refractivity contribution in [2.45, 2.75) is 6.54 Å². The third-order valence-electron chi connectivity index (χ3n) is 2.41. The Hall–Kier alpha value is -2.00. The van der Waals surface area contributed by atoms with Gasteiger partial charge < -0.3 is 11.1 Å². The quantitative estimate of drug-likeness (QED) is 0.644. The third kappa shape index (κ3) is 3.31. The standard InChI is InChI=1S/C11H9BrN4O3S/c12-9-2-1-7(20-9)5-15-11(17)8-3-6(16(18)19)4-14-10(8)13/h1-4H,5H2,(H2,13,14)(H,15,17). The second-order valence-electron chi connectivity index (χ2n) is 3.77. The smallest absolute Gasteiger partial charge is 0.288 e. The van der Waals surface area contributed by atoms with E-state index in [4.69, 9.17) is 5.73 Å². The molecule has 104 valence electrons. The molecule has 0 aliphatic heterocycles. The van der Waals surface area contributed by atoms with Crippen LogP contribution in [0, 0.1) is 10.1 Å². The SMILES string of the molecule is Nc1ncc([N+](=O)[O-])cc1C(=O)NCc1ccc(Br)s1. The maximum absolute atomic E-state index is 12.0. The number of nitrogens with two attached hydrogens (primary N) is 1. The van der Waals surface area contributed by atoms with Gasteiger partial charge in [-0.05, 0) is 28.1 Å². The topological polar surface area (TPSA) is 111 Å². The van der Waals surface area contributed by atoms with Crippen molar-refractivity contribution in [3.63, 3.8) is 0 Å². The Kier molecular flexibility index (Phi) is 4.30. The number of carbonyl (C=O) groups excluding carboxylic acids is 1. The van der Waals surface area contributed by atoms with E-state index in [2.05, 4.69) is 26.2 Å². The second kappa shape index (κ2) is 5.97. The first kappa shape index (κ1) is 14.4. The lowest BCUT2D eigenvalue weighted by Crippen LogP contribution is -2.23. The number of thiophene rings is 1. The Balaban J connectivity index is 2.12. The number of hydrogen-bond acceptors (Lipinski definition) is 6. The molecule has 0 aromatic carbocycles. The molecule has 2 heterocycles. The largest absolute Gasteiger partial charge is 0.383 e. The molecule has 0 saturated carbocycles. The first-order valence-electron chi connectivity index (χ1n) is 5.39. The number of nitrogen functional groups attached to an aromatic ring is 1. The molecular formula is C11H9BrN4O3S. The molecule has 0 aliphatic rings. The molecule has 1 amide bonds. The molecule has 2 aromatic rings. The van der Waals surface area contributed by atoms with Gasteiger partial charge in [0.05, 0.1) is 20.8 Å². The van der Waals surface area contributed by atoms with Gasteiger partial charge in [0.2, 0.25) is 0 Å². The predicted octanol–water partition coefficient (Wildman–Crippen LogP) is 2.33. The van der Waals surface area contributed by atoms with E-state index in [1.807, 2.05) is 12.1 Å². The number of hydrogen-bond donors (Lipinski definition) is 2. The first-order valence-corrected chi connectivity index (χ1v) is 7.00. The third-order valence-corrected chi connectivity index (χ3v) is 4.04. The summed E-state index contributed by atoms with van der Waals surface area (Å²) in [7, 11) is 0. The van der Waals surface area contributed by atoms with E-state index in [1.54, 1.807) is 0 Å². The van der Waals surface area contributed by atoms with Crippen LogP contribution >= 0.6 is 27.3 Å². The van der Waals surface area contributed by atoms with Gasteiger partial charge in [0.1, 0.15) is 12.0 Å². The molecule has 0 aliphatic carbocycles. The molecule has 2 rings (SSSR count). The van der Waals surface area contributed by atoms with Gasteiger partial charge in [-0.1, -0.05) is 0 Å². The zero-order chi connectivity index (χ0) is 14.7. The van der Waals surface area contributed by atoms with E-state index in [0.717, 1.165) is 20.9 Å². The monoisotopic (exact) mass is 356 g/mol. The first-order chi connectivity index (χ1) is 9.47. The molecule has 7 nitrogen and oxygen atoms in total. The van der Waals surface area contributed by atoms with Gasteiger partial charge in [0, 0.05) is 10.9 Å².